The van der Waals surface area contributed by atoms with Gasteiger partial charge in [-0.25, -0.2) is 0 Å². The molecular weight excluding hydrogens is 587 g/mol. The van der Waals surface area contributed by atoms with E-state index in [1.54, 1.807) is 0 Å². The molecule has 1 aliphatic heterocycles. The summed E-state index contributed by atoms with van der Waals surface area (Å²) in [6.07, 6.45) is 0. The SMILES string of the molecule is Cc1cc2c(-c3ccccc3C)c(C(C)(C)C)ccc2[cH-]1.[Cl-].[Cl-].[Zr+4].[c-]1cccc2c1[Si]c1ccccc1-2. The molecule has 5 aromatic rings. The van der Waals surface area contributed by atoms with Gasteiger partial charge in [0.1, 0.15) is 0 Å². The molecule has 1 heterocycles. The summed E-state index contributed by atoms with van der Waals surface area (Å²) < 4.78 is 0. The van der Waals surface area contributed by atoms with Gasteiger partial charge in [0, 0.05) is 0 Å². The van der Waals surface area contributed by atoms with Crippen LogP contribution in [0.3, 0.4) is 0 Å². The van der Waals surface area contributed by atoms with E-state index in [2.05, 4.69) is 126 Å². The van der Waals surface area contributed by atoms with Crippen molar-refractivity contribution in [2.45, 2.75) is 40.0 Å². The Balaban J connectivity index is 0.000000261. The molecule has 0 saturated heterocycles. The quantitative estimate of drug-likeness (QED) is 0.193. The molecular formula is C33H30Cl2SiZr. The van der Waals surface area contributed by atoms with Crippen LogP contribution in [0.2, 0.25) is 0 Å². The van der Waals surface area contributed by atoms with Gasteiger partial charge in [-0.15, -0.1) is 40.1 Å². The third-order valence-corrected chi connectivity index (χ3v) is 7.96. The second-order valence-corrected chi connectivity index (χ2v) is 11.5. The molecule has 0 spiro atoms. The van der Waals surface area contributed by atoms with Crippen LogP contribution >= 0.6 is 0 Å². The zero-order valence-electron chi connectivity index (χ0n) is 21.9. The Hall–Kier alpha value is -1.83. The van der Waals surface area contributed by atoms with Crippen molar-refractivity contribution in [3.63, 3.8) is 0 Å². The fourth-order valence-corrected chi connectivity index (χ4v) is 6.24. The molecule has 0 amide bonds. The maximum Gasteiger partial charge on any atom is 4.00 e. The molecule has 0 nitrogen and oxygen atoms in total. The van der Waals surface area contributed by atoms with E-state index in [9.17, 15) is 0 Å². The third-order valence-electron chi connectivity index (χ3n) is 6.59. The zero-order valence-corrected chi connectivity index (χ0v) is 26.9. The average molecular weight is 617 g/mol. The molecule has 4 heteroatoms. The molecule has 0 N–H and O–H groups in total. The summed E-state index contributed by atoms with van der Waals surface area (Å²) in [4.78, 5) is 0. The minimum Gasteiger partial charge on any atom is -1.00 e. The average Bonchev–Trinajstić information content (AvgIpc) is 3.38. The Morgan fingerprint density at radius 3 is 2.11 bits per heavy atom. The molecule has 0 atom stereocenters. The van der Waals surface area contributed by atoms with E-state index in [1.165, 1.54) is 60.1 Å². The van der Waals surface area contributed by atoms with Crippen molar-refractivity contribution < 1.29 is 51.0 Å². The molecule has 37 heavy (non-hydrogen) atoms. The molecule has 0 saturated carbocycles. The summed E-state index contributed by atoms with van der Waals surface area (Å²) in [5.41, 5.74) is 9.78. The van der Waals surface area contributed by atoms with Crippen LogP contribution in [0.1, 0.15) is 37.5 Å². The maximum absolute atomic E-state index is 3.31. The van der Waals surface area contributed by atoms with Gasteiger partial charge >= 0.3 is 26.2 Å². The number of rotatable bonds is 1. The van der Waals surface area contributed by atoms with Gasteiger partial charge in [-0.05, 0) is 23.5 Å². The van der Waals surface area contributed by atoms with Gasteiger partial charge in [0.05, 0.1) is 9.52 Å². The van der Waals surface area contributed by atoms with Crippen LogP contribution in [0.25, 0.3) is 33.0 Å². The van der Waals surface area contributed by atoms with E-state index in [-0.39, 0.29) is 56.4 Å². The van der Waals surface area contributed by atoms with Crippen LogP contribution in [-0.2, 0) is 31.6 Å². The Morgan fingerprint density at radius 1 is 0.757 bits per heavy atom. The van der Waals surface area contributed by atoms with E-state index in [0.717, 1.165) is 9.52 Å². The summed E-state index contributed by atoms with van der Waals surface area (Å²) >= 11 is 0. The van der Waals surface area contributed by atoms with Gasteiger partial charge in [0.15, 0.2) is 0 Å². The zero-order chi connectivity index (χ0) is 23.9. The van der Waals surface area contributed by atoms with Crippen molar-refractivity contribution in [3.05, 3.63) is 114 Å². The topological polar surface area (TPSA) is 0 Å². The van der Waals surface area contributed by atoms with Gasteiger partial charge < -0.3 is 24.8 Å². The summed E-state index contributed by atoms with van der Waals surface area (Å²) in [5, 5.41) is 5.55. The van der Waals surface area contributed by atoms with Crippen molar-refractivity contribution >= 4 is 30.7 Å². The summed E-state index contributed by atoms with van der Waals surface area (Å²) in [5.74, 6) is 0. The Labute approximate surface area is 256 Å². The molecule has 0 unspecified atom stereocenters. The van der Waals surface area contributed by atoms with Crippen LogP contribution in [-0.4, -0.2) is 9.52 Å². The van der Waals surface area contributed by atoms with Crippen LogP contribution in [0.5, 0.6) is 0 Å². The smallest absolute Gasteiger partial charge is 1.00 e. The molecule has 2 radical (unpaired) electrons. The normalized spacial score (nSPS) is 11.2. The van der Waals surface area contributed by atoms with Crippen LogP contribution in [0, 0.1) is 19.9 Å². The number of aryl methyl sites for hydroxylation is 2. The Bertz CT molecular complexity index is 1450. The van der Waals surface area contributed by atoms with Gasteiger partial charge in [0.2, 0.25) is 0 Å². The van der Waals surface area contributed by atoms with Crippen LogP contribution < -0.4 is 35.2 Å². The predicted molar refractivity (Wildman–Crippen MR) is 149 cm³/mol. The fraction of sp³-hybridized carbons (Fsp3) is 0.182. The first kappa shape index (κ1) is 31.4. The second kappa shape index (κ2) is 12.8. The second-order valence-electron chi connectivity index (χ2n) is 10.2. The summed E-state index contributed by atoms with van der Waals surface area (Å²) in [6, 6.07) is 36.1. The predicted octanol–water partition coefficient (Wildman–Crippen LogP) is 1.27. The molecule has 6 rings (SSSR count). The minimum atomic E-state index is 0. The van der Waals surface area contributed by atoms with E-state index in [0.29, 0.717) is 0 Å². The van der Waals surface area contributed by atoms with Crippen LogP contribution in [0.4, 0.5) is 0 Å². The molecule has 0 bridgehead atoms. The maximum atomic E-state index is 3.31. The fourth-order valence-electron chi connectivity index (χ4n) is 4.93. The van der Waals surface area contributed by atoms with Gasteiger partial charge in [-0.3, -0.25) is 0 Å². The summed E-state index contributed by atoms with van der Waals surface area (Å²) in [6.45, 7) is 11.3. The van der Waals surface area contributed by atoms with Crippen molar-refractivity contribution in [3.8, 4) is 22.3 Å². The number of fused-ring (bicyclic) bond motifs is 4. The summed E-state index contributed by atoms with van der Waals surface area (Å²) in [7, 11) is 0.795. The van der Waals surface area contributed by atoms with Gasteiger partial charge in [-0.1, -0.05) is 98.1 Å². The van der Waals surface area contributed by atoms with Gasteiger partial charge in [0.25, 0.3) is 0 Å². The first-order chi connectivity index (χ1) is 16.3. The number of hydrogen-bond acceptors (Lipinski definition) is 0. The first-order valence-corrected chi connectivity index (χ1v) is 13.0. The van der Waals surface area contributed by atoms with E-state index in [4.69, 9.17) is 0 Å². The molecule has 0 aromatic heterocycles. The van der Waals surface area contributed by atoms with Crippen molar-refractivity contribution in [1.29, 1.82) is 0 Å². The molecule has 0 aliphatic carbocycles. The first-order valence-electron chi connectivity index (χ1n) is 12.0. The van der Waals surface area contributed by atoms with Crippen molar-refractivity contribution in [1.82, 2.24) is 0 Å². The number of halogens is 2. The standard InChI is InChI=1S/C21H23.C12H7Si.2ClH.Zr/c1-14-12-16-10-11-19(21(3,4)5)20(18(16)13-14)17-9-7-6-8-15(17)2;1-3-7-11-9(5-1)10-6-2-4-8-12(10)13-11;;;/h6-13H,1-5H3;1-7H;2*1H;/q2*-1;;;+4/p-2. The molecule has 1 aliphatic rings. The molecule has 184 valence electrons. The largest absolute Gasteiger partial charge is 4.00 e. The third kappa shape index (κ3) is 6.43. The van der Waals surface area contributed by atoms with Gasteiger partial charge in [-0.2, -0.15) is 35.5 Å². The molecule has 5 aromatic carbocycles. The Morgan fingerprint density at radius 2 is 1.41 bits per heavy atom. The minimum absolute atomic E-state index is 0. The van der Waals surface area contributed by atoms with Crippen molar-refractivity contribution in [2.75, 3.05) is 0 Å². The number of hydrogen-bond donors (Lipinski definition) is 0. The van der Waals surface area contributed by atoms with E-state index in [1.807, 2.05) is 6.07 Å². The Kier molecular flexibility index (Phi) is 10.9. The molecule has 0 fully saturated rings. The van der Waals surface area contributed by atoms with Crippen molar-refractivity contribution in [2.24, 2.45) is 0 Å². The number of benzene rings is 4. The monoisotopic (exact) mass is 614 g/mol. The van der Waals surface area contributed by atoms with E-state index < -0.39 is 0 Å². The van der Waals surface area contributed by atoms with Crippen LogP contribution in [0.15, 0.2) is 91.0 Å². The van der Waals surface area contributed by atoms with E-state index >= 15 is 0 Å².